The highest BCUT2D eigenvalue weighted by molar-refractivity contribution is 9.10. The second kappa shape index (κ2) is 4.38. The molecule has 21 heavy (non-hydrogen) atoms. The molecule has 2 bridgehead atoms. The fourth-order valence-electron chi connectivity index (χ4n) is 4.05. The maximum atomic E-state index is 12.9. The van der Waals surface area contributed by atoms with Gasteiger partial charge in [-0.05, 0) is 46.3 Å². The van der Waals surface area contributed by atoms with Crippen molar-refractivity contribution in [2.45, 2.75) is 40.0 Å². The molecule has 3 rings (SSSR count). The number of nitrogens with one attached hydrogen (secondary N) is 1. The smallest absolute Gasteiger partial charge is 0.232 e. The summed E-state index contributed by atoms with van der Waals surface area (Å²) in [7, 11) is 0. The molecule has 0 saturated heterocycles. The molecule has 0 aromatic carbocycles. The van der Waals surface area contributed by atoms with E-state index in [1.807, 2.05) is 13.0 Å². The van der Waals surface area contributed by atoms with Crippen LogP contribution >= 0.6 is 15.9 Å². The summed E-state index contributed by atoms with van der Waals surface area (Å²) in [4.78, 5) is 29.4. The Labute approximate surface area is 132 Å². The maximum absolute atomic E-state index is 12.9. The van der Waals surface area contributed by atoms with E-state index in [1.165, 1.54) is 0 Å². The molecule has 5 heteroatoms. The summed E-state index contributed by atoms with van der Waals surface area (Å²) < 4.78 is 0.864. The lowest BCUT2D eigenvalue weighted by atomic mass is 9.64. The van der Waals surface area contributed by atoms with Crippen molar-refractivity contribution < 1.29 is 9.59 Å². The summed E-state index contributed by atoms with van der Waals surface area (Å²) in [5.74, 6) is 0.677. The average Bonchev–Trinajstić information content (AvgIpc) is 2.72. The van der Waals surface area contributed by atoms with Crippen LogP contribution in [0.3, 0.4) is 0 Å². The normalized spacial score (nSPS) is 33.2. The number of aromatic nitrogens is 1. The first-order valence-corrected chi connectivity index (χ1v) is 7.99. The number of rotatable bonds is 2. The number of pyridine rings is 1. The monoisotopic (exact) mass is 350 g/mol. The molecule has 112 valence electrons. The van der Waals surface area contributed by atoms with Gasteiger partial charge in [-0.15, -0.1) is 0 Å². The van der Waals surface area contributed by atoms with Gasteiger partial charge in [0, 0.05) is 22.5 Å². The summed E-state index contributed by atoms with van der Waals surface area (Å²) in [5.41, 5.74) is -1.30. The quantitative estimate of drug-likeness (QED) is 0.886. The first kappa shape index (κ1) is 14.7. The number of carbonyl (C=O) groups excluding carboxylic acids is 2. The Balaban J connectivity index is 1.91. The molecule has 1 N–H and O–H groups in total. The topological polar surface area (TPSA) is 59.1 Å². The van der Waals surface area contributed by atoms with Crippen molar-refractivity contribution in [3.8, 4) is 0 Å². The number of nitrogens with zero attached hydrogens (tertiary/aromatic N) is 1. The molecule has 2 fully saturated rings. The van der Waals surface area contributed by atoms with Gasteiger partial charge in [0.05, 0.1) is 5.41 Å². The lowest BCUT2D eigenvalue weighted by molar-refractivity contribution is -0.131. The Morgan fingerprint density at radius 3 is 2.48 bits per heavy atom. The van der Waals surface area contributed by atoms with Crippen molar-refractivity contribution in [2.24, 2.45) is 16.2 Å². The van der Waals surface area contributed by atoms with Crippen LogP contribution in [0.4, 0.5) is 5.82 Å². The number of anilines is 1. The fraction of sp³-hybridized carbons (Fsp3) is 0.562. The molecule has 1 amide bonds. The molecule has 2 atom stereocenters. The molecule has 1 heterocycles. The molecule has 2 aliphatic carbocycles. The first-order valence-electron chi connectivity index (χ1n) is 7.19. The van der Waals surface area contributed by atoms with Gasteiger partial charge in [0.2, 0.25) is 5.91 Å². The number of amides is 1. The Hall–Kier alpha value is -1.23. The number of ketones is 1. The van der Waals surface area contributed by atoms with Crippen LogP contribution < -0.4 is 5.32 Å². The molecule has 2 unspecified atom stereocenters. The molecular formula is C16H19BrN2O2. The van der Waals surface area contributed by atoms with Gasteiger partial charge in [0.25, 0.3) is 0 Å². The van der Waals surface area contributed by atoms with Crippen molar-refractivity contribution >= 4 is 33.4 Å². The summed E-state index contributed by atoms with van der Waals surface area (Å²) >= 11 is 3.32. The third-order valence-electron chi connectivity index (χ3n) is 6.11. The SMILES string of the molecule is CC12CCC(C(=O)Nc3ccc(Br)cn3)(CC1=O)C2(C)C. The molecule has 4 nitrogen and oxygen atoms in total. The van der Waals surface area contributed by atoms with E-state index < -0.39 is 5.41 Å². The van der Waals surface area contributed by atoms with E-state index in [-0.39, 0.29) is 22.5 Å². The summed E-state index contributed by atoms with van der Waals surface area (Å²) in [6.07, 6.45) is 3.56. The average molecular weight is 351 g/mol. The molecular weight excluding hydrogens is 332 g/mol. The number of Topliss-reactive ketones (excluding diaryl/α,β-unsaturated/α-hetero) is 1. The van der Waals surface area contributed by atoms with Crippen LogP contribution in [0.2, 0.25) is 0 Å². The van der Waals surface area contributed by atoms with Crippen LogP contribution in [0.15, 0.2) is 22.8 Å². The number of hydrogen-bond acceptors (Lipinski definition) is 3. The van der Waals surface area contributed by atoms with Crippen LogP contribution in [-0.2, 0) is 9.59 Å². The highest BCUT2D eigenvalue weighted by Gasteiger charge is 2.72. The highest BCUT2D eigenvalue weighted by atomic mass is 79.9. The number of halogens is 1. The van der Waals surface area contributed by atoms with Crippen LogP contribution in [0.1, 0.15) is 40.0 Å². The van der Waals surface area contributed by atoms with Crippen molar-refractivity contribution in [1.29, 1.82) is 0 Å². The summed E-state index contributed by atoms with van der Waals surface area (Å²) in [6.45, 7) is 6.12. The predicted octanol–water partition coefficient (Wildman–Crippen LogP) is 3.57. The van der Waals surface area contributed by atoms with Gasteiger partial charge in [0.15, 0.2) is 0 Å². The zero-order chi connectivity index (χ0) is 15.5. The maximum Gasteiger partial charge on any atom is 0.232 e. The van der Waals surface area contributed by atoms with Crippen molar-refractivity contribution in [3.05, 3.63) is 22.8 Å². The predicted molar refractivity (Wildman–Crippen MR) is 83.7 cm³/mol. The van der Waals surface area contributed by atoms with Crippen molar-refractivity contribution in [3.63, 3.8) is 0 Å². The second-order valence-corrected chi connectivity index (χ2v) is 7.87. The Kier molecular flexibility index (Phi) is 3.07. The van der Waals surface area contributed by atoms with Gasteiger partial charge < -0.3 is 5.32 Å². The summed E-state index contributed by atoms with van der Waals surface area (Å²) in [6, 6.07) is 3.60. The third-order valence-corrected chi connectivity index (χ3v) is 6.58. The number of hydrogen-bond donors (Lipinski definition) is 1. The minimum Gasteiger partial charge on any atom is -0.310 e. The van der Waals surface area contributed by atoms with Crippen LogP contribution in [0.5, 0.6) is 0 Å². The number of carbonyl (C=O) groups is 2. The molecule has 2 saturated carbocycles. The van der Waals surface area contributed by atoms with Gasteiger partial charge in [-0.3, -0.25) is 9.59 Å². The molecule has 0 radical (unpaired) electrons. The fourth-order valence-corrected chi connectivity index (χ4v) is 4.28. The lowest BCUT2D eigenvalue weighted by Gasteiger charge is -2.38. The van der Waals surface area contributed by atoms with Gasteiger partial charge in [-0.2, -0.15) is 0 Å². The Morgan fingerprint density at radius 1 is 1.29 bits per heavy atom. The van der Waals surface area contributed by atoms with E-state index in [9.17, 15) is 9.59 Å². The van der Waals surface area contributed by atoms with E-state index >= 15 is 0 Å². The van der Waals surface area contributed by atoms with Gasteiger partial charge in [-0.1, -0.05) is 20.8 Å². The Morgan fingerprint density at radius 2 is 2.00 bits per heavy atom. The molecule has 1 aromatic heterocycles. The lowest BCUT2D eigenvalue weighted by Crippen LogP contribution is -2.43. The molecule has 0 aliphatic heterocycles. The molecule has 1 aromatic rings. The van der Waals surface area contributed by atoms with Crippen LogP contribution in [0.25, 0.3) is 0 Å². The first-order chi connectivity index (χ1) is 9.73. The molecule has 2 aliphatic rings. The van der Waals surface area contributed by atoms with Crippen molar-refractivity contribution in [1.82, 2.24) is 4.98 Å². The number of fused-ring (bicyclic) bond motifs is 2. The summed E-state index contributed by atoms with van der Waals surface area (Å²) in [5, 5.41) is 2.90. The van der Waals surface area contributed by atoms with Gasteiger partial charge in [-0.25, -0.2) is 4.98 Å². The highest BCUT2D eigenvalue weighted by Crippen LogP contribution is 2.70. The zero-order valence-electron chi connectivity index (χ0n) is 12.5. The van der Waals surface area contributed by atoms with E-state index in [0.717, 1.165) is 17.3 Å². The zero-order valence-corrected chi connectivity index (χ0v) is 14.1. The van der Waals surface area contributed by atoms with Crippen LogP contribution in [-0.4, -0.2) is 16.7 Å². The minimum absolute atomic E-state index is 0.0723. The third kappa shape index (κ3) is 1.76. The minimum atomic E-state index is -0.604. The molecule has 0 spiro atoms. The second-order valence-electron chi connectivity index (χ2n) is 6.95. The Bertz CT molecular complexity index is 626. The van der Waals surface area contributed by atoms with Gasteiger partial charge >= 0.3 is 0 Å². The largest absolute Gasteiger partial charge is 0.310 e. The van der Waals surface area contributed by atoms with E-state index in [0.29, 0.717) is 12.2 Å². The van der Waals surface area contributed by atoms with E-state index in [2.05, 4.69) is 40.1 Å². The van der Waals surface area contributed by atoms with E-state index in [1.54, 1.807) is 12.3 Å². The van der Waals surface area contributed by atoms with E-state index in [4.69, 9.17) is 0 Å². The standard InChI is InChI=1S/C16H19BrN2O2/c1-14(2)15(3)6-7-16(14,8-11(15)20)13(21)19-12-5-4-10(17)9-18-12/h4-5,9H,6-8H2,1-3H3,(H,18,19,21). The van der Waals surface area contributed by atoms with Gasteiger partial charge in [0.1, 0.15) is 11.6 Å². The van der Waals surface area contributed by atoms with Crippen molar-refractivity contribution in [2.75, 3.05) is 5.32 Å². The van der Waals surface area contributed by atoms with Crippen LogP contribution in [0, 0.1) is 16.2 Å².